The fraction of sp³-hybridized carbons (Fsp3) is 0.263. The molecule has 1 fully saturated rings. The van der Waals surface area contributed by atoms with Crippen LogP contribution < -0.4 is 5.32 Å². The number of hydrogen-bond acceptors (Lipinski definition) is 4. The summed E-state index contributed by atoms with van der Waals surface area (Å²) >= 11 is 3.17. The van der Waals surface area contributed by atoms with Crippen LogP contribution in [-0.2, 0) is 6.54 Å². The number of hydrogen-bond donors (Lipinski definition) is 1. The van der Waals surface area contributed by atoms with Gasteiger partial charge in [0, 0.05) is 32.7 Å². The van der Waals surface area contributed by atoms with Crippen molar-refractivity contribution in [2.75, 3.05) is 31.5 Å². The lowest BCUT2D eigenvalue weighted by atomic mass is 10.2. The Balaban J connectivity index is 1.33. The van der Waals surface area contributed by atoms with Crippen molar-refractivity contribution in [1.82, 2.24) is 15.0 Å². The monoisotopic (exact) mass is 432 g/mol. The summed E-state index contributed by atoms with van der Waals surface area (Å²) in [5.41, 5.74) is 1.56. The molecule has 27 heavy (non-hydrogen) atoms. The molecule has 3 aromatic rings. The van der Waals surface area contributed by atoms with Crippen LogP contribution >= 0.6 is 15.9 Å². The summed E-state index contributed by atoms with van der Waals surface area (Å²) in [4.78, 5) is 16.5. The Bertz CT molecular complexity index is 969. The summed E-state index contributed by atoms with van der Waals surface area (Å²) in [6.45, 7) is 3.31. The highest BCUT2D eigenvalue weighted by atomic mass is 79.9. The van der Waals surface area contributed by atoms with Crippen LogP contribution in [-0.4, -0.2) is 47.2 Å². The van der Waals surface area contributed by atoms with E-state index in [0.717, 1.165) is 24.0 Å². The number of benzene rings is 2. The highest BCUT2D eigenvalue weighted by Gasteiger charge is 2.22. The van der Waals surface area contributed by atoms with E-state index in [0.29, 0.717) is 35.5 Å². The molecule has 2 heterocycles. The molecule has 0 saturated carbocycles. The van der Waals surface area contributed by atoms with Crippen molar-refractivity contribution in [2.24, 2.45) is 0 Å². The lowest BCUT2D eigenvalue weighted by molar-refractivity contribution is 0.143. The Morgan fingerprint density at radius 2 is 1.96 bits per heavy atom. The van der Waals surface area contributed by atoms with Crippen LogP contribution in [0.3, 0.4) is 0 Å². The van der Waals surface area contributed by atoms with Gasteiger partial charge in [-0.15, -0.1) is 0 Å². The number of rotatable bonds is 3. The Kier molecular flexibility index (Phi) is 5.09. The number of para-hydroxylation sites is 1. The molecule has 0 radical (unpaired) electrons. The predicted molar refractivity (Wildman–Crippen MR) is 104 cm³/mol. The predicted octanol–water partition coefficient (Wildman–Crippen LogP) is 4.08. The SMILES string of the molecule is O=C(Nc1noc2ccccc12)N1CCN(Cc2ccc(Br)c(F)c2)CC1. The van der Waals surface area contributed by atoms with E-state index in [1.807, 2.05) is 30.3 Å². The van der Waals surface area contributed by atoms with Gasteiger partial charge >= 0.3 is 6.03 Å². The van der Waals surface area contributed by atoms with Gasteiger partial charge in [-0.2, -0.15) is 0 Å². The lowest BCUT2D eigenvalue weighted by Gasteiger charge is -2.34. The third kappa shape index (κ3) is 3.96. The molecule has 8 heteroatoms. The molecule has 0 atom stereocenters. The van der Waals surface area contributed by atoms with Crippen molar-refractivity contribution in [3.05, 3.63) is 58.3 Å². The van der Waals surface area contributed by atoms with E-state index in [4.69, 9.17) is 4.52 Å². The Hall–Kier alpha value is -2.45. The van der Waals surface area contributed by atoms with Gasteiger partial charge in [-0.05, 0) is 45.8 Å². The first kappa shape index (κ1) is 17.9. The second-order valence-electron chi connectivity index (χ2n) is 6.47. The van der Waals surface area contributed by atoms with Crippen molar-refractivity contribution < 1.29 is 13.7 Å². The van der Waals surface area contributed by atoms with Crippen LogP contribution in [0.2, 0.25) is 0 Å². The number of nitrogens with one attached hydrogen (secondary N) is 1. The molecule has 2 amide bonds. The summed E-state index contributed by atoms with van der Waals surface area (Å²) in [6.07, 6.45) is 0. The molecule has 0 aliphatic carbocycles. The minimum absolute atomic E-state index is 0.191. The molecule has 1 saturated heterocycles. The zero-order valence-electron chi connectivity index (χ0n) is 14.5. The molecular formula is C19H18BrFN4O2. The third-order valence-electron chi connectivity index (χ3n) is 4.65. The Labute approximate surface area is 164 Å². The number of piperazine rings is 1. The van der Waals surface area contributed by atoms with E-state index in [9.17, 15) is 9.18 Å². The molecular weight excluding hydrogens is 415 g/mol. The summed E-state index contributed by atoms with van der Waals surface area (Å²) in [7, 11) is 0. The maximum absolute atomic E-state index is 13.7. The average molecular weight is 433 g/mol. The van der Waals surface area contributed by atoms with Crippen LogP contribution in [0.15, 0.2) is 51.5 Å². The van der Waals surface area contributed by atoms with Gasteiger partial charge in [0.05, 0.1) is 9.86 Å². The van der Waals surface area contributed by atoms with Gasteiger partial charge < -0.3 is 9.42 Å². The van der Waals surface area contributed by atoms with Crippen molar-refractivity contribution in [2.45, 2.75) is 6.54 Å². The summed E-state index contributed by atoms with van der Waals surface area (Å²) in [6, 6.07) is 12.4. The number of fused-ring (bicyclic) bond motifs is 1. The summed E-state index contributed by atoms with van der Waals surface area (Å²) in [5.74, 6) is 0.175. The second kappa shape index (κ2) is 7.66. The topological polar surface area (TPSA) is 61.6 Å². The molecule has 0 unspecified atom stereocenters. The van der Waals surface area contributed by atoms with Crippen LogP contribution in [0.25, 0.3) is 11.0 Å². The maximum atomic E-state index is 13.7. The first-order chi connectivity index (χ1) is 13.1. The van der Waals surface area contributed by atoms with Crippen molar-refractivity contribution in [1.29, 1.82) is 0 Å². The van der Waals surface area contributed by atoms with Gasteiger partial charge in [-0.25, -0.2) is 9.18 Å². The second-order valence-corrected chi connectivity index (χ2v) is 7.32. The molecule has 4 rings (SSSR count). The van der Waals surface area contributed by atoms with E-state index < -0.39 is 0 Å². The largest absolute Gasteiger partial charge is 0.354 e. The highest BCUT2D eigenvalue weighted by Crippen LogP contribution is 2.22. The number of carbonyl (C=O) groups is 1. The van der Waals surface area contributed by atoms with E-state index >= 15 is 0 Å². The number of aromatic nitrogens is 1. The zero-order chi connectivity index (χ0) is 18.8. The molecule has 1 aliphatic heterocycles. The van der Waals surface area contributed by atoms with Gasteiger partial charge in [-0.3, -0.25) is 10.2 Å². The summed E-state index contributed by atoms with van der Waals surface area (Å²) < 4.78 is 19.3. The van der Waals surface area contributed by atoms with Crippen LogP contribution in [0.1, 0.15) is 5.56 Å². The molecule has 1 aliphatic rings. The maximum Gasteiger partial charge on any atom is 0.323 e. The third-order valence-corrected chi connectivity index (χ3v) is 5.30. The molecule has 0 spiro atoms. The van der Waals surface area contributed by atoms with Crippen molar-refractivity contribution >= 4 is 38.7 Å². The van der Waals surface area contributed by atoms with E-state index in [-0.39, 0.29) is 11.8 Å². The van der Waals surface area contributed by atoms with Crippen LogP contribution in [0.5, 0.6) is 0 Å². The molecule has 0 bridgehead atoms. The number of urea groups is 1. The Morgan fingerprint density at radius 3 is 2.74 bits per heavy atom. The zero-order valence-corrected chi connectivity index (χ0v) is 16.1. The van der Waals surface area contributed by atoms with Crippen LogP contribution in [0.4, 0.5) is 15.0 Å². The number of amides is 2. The van der Waals surface area contributed by atoms with Gasteiger partial charge in [-0.1, -0.05) is 23.4 Å². The number of halogens is 2. The van der Waals surface area contributed by atoms with Gasteiger partial charge in [0.25, 0.3) is 0 Å². The minimum Gasteiger partial charge on any atom is -0.354 e. The first-order valence-electron chi connectivity index (χ1n) is 8.67. The smallest absolute Gasteiger partial charge is 0.323 e. The standard InChI is InChI=1S/C19H18BrFN4O2/c20-15-6-5-13(11-16(15)21)12-24-7-9-25(10-8-24)19(26)22-18-14-3-1-2-4-17(14)27-23-18/h1-6,11H,7-10,12H2,(H,22,23,26). The van der Waals surface area contributed by atoms with Crippen LogP contribution in [0, 0.1) is 5.82 Å². The van der Waals surface area contributed by atoms with E-state index in [2.05, 4.69) is 31.3 Å². The van der Waals surface area contributed by atoms with Gasteiger partial charge in [0.1, 0.15) is 5.82 Å². The van der Waals surface area contributed by atoms with Gasteiger partial charge in [0.15, 0.2) is 11.4 Å². The average Bonchev–Trinajstić information content (AvgIpc) is 3.08. The lowest BCUT2D eigenvalue weighted by Crippen LogP contribution is -2.49. The van der Waals surface area contributed by atoms with Gasteiger partial charge in [0.2, 0.25) is 0 Å². The quantitative estimate of drug-likeness (QED) is 0.677. The fourth-order valence-corrected chi connectivity index (χ4v) is 3.41. The Morgan fingerprint density at radius 1 is 1.19 bits per heavy atom. The molecule has 2 aromatic carbocycles. The van der Waals surface area contributed by atoms with Crippen molar-refractivity contribution in [3.8, 4) is 0 Å². The number of carbonyl (C=O) groups excluding carboxylic acids is 1. The number of nitrogens with zero attached hydrogens (tertiary/aromatic N) is 3. The molecule has 1 aromatic heterocycles. The van der Waals surface area contributed by atoms with E-state index in [1.165, 1.54) is 0 Å². The number of anilines is 1. The molecule has 140 valence electrons. The highest BCUT2D eigenvalue weighted by molar-refractivity contribution is 9.10. The molecule has 6 nitrogen and oxygen atoms in total. The molecule has 1 N–H and O–H groups in total. The van der Waals surface area contributed by atoms with E-state index in [1.54, 1.807) is 17.0 Å². The fourth-order valence-electron chi connectivity index (χ4n) is 3.16. The minimum atomic E-state index is -0.259. The normalized spacial score (nSPS) is 15.3. The first-order valence-corrected chi connectivity index (χ1v) is 9.46. The van der Waals surface area contributed by atoms with Crippen molar-refractivity contribution in [3.63, 3.8) is 0 Å². The summed E-state index contributed by atoms with van der Waals surface area (Å²) in [5, 5.41) is 7.53.